The molecule has 1 rings (SSSR count). The Hall–Kier alpha value is -0.830. The van der Waals surface area contributed by atoms with Crippen molar-refractivity contribution in [1.82, 2.24) is 0 Å². The van der Waals surface area contributed by atoms with Crippen LogP contribution in [-0.4, -0.2) is 18.2 Å². The minimum atomic E-state index is -0.752. The van der Waals surface area contributed by atoms with Gasteiger partial charge in [0.2, 0.25) is 0 Å². The predicted octanol–water partition coefficient (Wildman–Crippen LogP) is 1.63. The Morgan fingerprint density at radius 2 is 2.17 bits per heavy atom. The lowest BCUT2D eigenvalue weighted by molar-refractivity contribution is -0.138. The summed E-state index contributed by atoms with van der Waals surface area (Å²) in [5.41, 5.74) is -0.439. The van der Waals surface area contributed by atoms with Gasteiger partial charge in [-0.2, -0.15) is 0 Å². The first-order valence-corrected chi connectivity index (χ1v) is 4.17. The molecular formula is C9H14O3. The van der Waals surface area contributed by atoms with Crippen molar-refractivity contribution in [2.75, 3.05) is 0 Å². The summed E-state index contributed by atoms with van der Waals surface area (Å²) < 4.78 is 10.5. The molecule has 0 aromatic carbocycles. The average molecular weight is 170 g/mol. The standard InChI is InChI=1S/C9H14O3/c1-4-9(5-2)7(3)11-8(6-10)12-9/h6,8H,3-5H2,1-2H3. The minimum absolute atomic E-state index is 0.439. The van der Waals surface area contributed by atoms with Crippen molar-refractivity contribution in [3.63, 3.8) is 0 Å². The van der Waals surface area contributed by atoms with Crippen LogP contribution in [0.1, 0.15) is 26.7 Å². The summed E-state index contributed by atoms with van der Waals surface area (Å²) in [5, 5.41) is 0. The molecule has 0 spiro atoms. The summed E-state index contributed by atoms with van der Waals surface area (Å²) in [5.74, 6) is 0.574. The van der Waals surface area contributed by atoms with E-state index in [1.54, 1.807) is 0 Å². The molecule has 1 fully saturated rings. The molecule has 1 atom stereocenters. The molecule has 0 bridgehead atoms. The van der Waals surface area contributed by atoms with Gasteiger partial charge >= 0.3 is 0 Å². The molecule has 0 aliphatic carbocycles. The second-order valence-corrected chi connectivity index (χ2v) is 2.86. The maximum absolute atomic E-state index is 10.4. The van der Waals surface area contributed by atoms with Gasteiger partial charge in [0.15, 0.2) is 6.29 Å². The van der Waals surface area contributed by atoms with Crippen molar-refractivity contribution in [2.45, 2.75) is 38.6 Å². The largest absolute Gasteiger partial charge is 0.460 e. The zero-order valence-electron chi connectivity index (χ0n) is 7.50. The highest BCUT2D eigenvalue weighted by Gasteiger charge is 2.42. The smallest absolute Gasteiger partial charge is 0.257 e. The fraction of sp³-hybridized carbons (Fsp3) is 0.667. The van der Waals surface area contributed by atoms with Crippen LogP contribution in [0, 0.1) is 0 Å². The van der Waals surface area contributed by atoms with Gasteiger partial charge in [-0.1, -0.05) is 20.4 Å². The van der Waals surface area contributed by atoms with Crippen molar-refractivity contribution >= 4 is 6.29 Å². The van der Waals surface area contributed by atoms with Crippen LogP contribution >= 0.6 is 0 Å². The zero-order chi connectivity index (χ0) is 9.19. The number of rotatable bonds is 3. The molecule has 3 heteroatoms. The van der Waals surface area contributed by atoms with Gasteiger partial charge in [-0.05, 0) is 12.8 Å². The van der Waals surface area contributed by atoms with E-state index in [1.165, 1.54) is 0 Å². The van der Waals surface area contributed by atoms with Gasteiger partial charge < -0.3 is 9.47 Å². The van der Waals surface area contributed by atoms with Gasteiger partial charge in [0, 0.05) is 0 Å². The predicted molar refractivity (Wildman–Crippen MR) is 44.5 cm³/mol. The van der Waals surface area contributed by atoms with E-state index in [-0.39, 0.29) is 0 Å². The van der Waals surface area contributed by atoms with Crippen molar-refractivity contribution in [1.29, 1.82) is 0 Å². The van der Waals surface area contributed by atoms with E-state index in [0.29, 0.717) is 12.0 Å². The first kappa shape index (κ1) is 9.26. The number of aldehydes is 1. The molecule has 12 heavy (non-hydrogen) atoms. The van der Waals surface area contributed by atoms with Gasteiger partial charge in [0.1, 0.15) is 11.4 Å². The molecule has 1 heterocycles. The number of hydrogen-bond donors (Lipinski definition) is 0. The van der Waals surface area contributed by atoms with E-state index in [9.17, 15) is 4.79 Å². The lowest BCUT2D eigenvalue weighted by Gasteiger charge is -2.22. The molecule has 68 valence electrons. The van der Waals surface area contributed by atoms with Crippen molar-refractivity contribution in [2.24, 2.45) is 0 Å². The van der Waals surface area contributed by atoms with Crippen LogP contribution < -0.4 is 0 Å². The van der Waals surface area contributed by atoms with E-state index >= 15 is 0 Å². The van der Waals surface area contributed by atoms with E-state index < -0.39 is 11.9 Å². The van der Waals surface area contributed by atoms with Crippen LogP contribution in [0.5, 0.6) is 0 Å². The summed E-state index contributed by atoms with van der Waals surface area (Å²) in [6.07, 6.45) is 1.47. The maximum Gasteiger partial charge on any atom is 0.257 e. The third-order valence-electron chi connectivity index (χ3n) is 2.36. The van der Waals surface area contributed by atoms with Gasteiger partial charge in [0.25, 0.3) is 6.29 Å². The van der Waals surface area contributed by atoms with Crippen LogP contribution in [-0.2, 0) is 14.3 Å². The molecular weight excluding hydrogens is 156 g/mol. The lowest BCUT2D eigenvalue weighted by Crippen LogP contribution is -2.28. The van der Waals surface area contributed by atoms with Crippen molar-refractivity contribution in [3.8, 4) is 0 Å². The summed E-state index contributed by atoms with van der Waals surface area (Å²) in [7, 11) is 0. The normalized spacial score (nSPS) is 26.8. The lowest BCUT2D eigenvalue weighted by atomic mass is 9.96. The number of carbonyl (C=O) groups excluding carboxylic acids is 1. The topological polar surface area (TPSA) is 35.5 Å². The van der Waals surface area contributed by atoms with Crippen molar-refractivity contribution < 1.29 is 14.3 Å². The first-order chi connectivity index (χ1) is 5.68. The molecule has 0 saturated carbocycles. The quantitative estimate of drug-likeness (QED) is 0.604. The Morgan fingerprint density at radius 3 is 2.42 bits per heavy atom. The van der Waals surface area contributed by atoms with E-state index in [4.69, 9.17) is 9.47 Å². The number of ether oxygens (including phenoxy) is 2. The molecule has 0 radical (unpaired) electrons. The third-order valence-corrected chi connectivity index (χ3v) is 2.36. The van der Waals surface area contributed by atoms with Crippen LogP contribution in [0.4, 0.5) is 0 Å². The van der Waals surface area contributed by atoms with Crippen LogP contribution in [0.15, 0.2) is 12.3 Å². The van der Waals surface area contributed by atoms with E-state index in [2.05, 4.69) is 6.58 Å². The Bertz CT molecular complexity index is 194. The zero-order valence-corrected chi connectivity index (χ0v) is 7.50. The molecule has 0 aromatic rings. The molecule has 1 aliphatic heterocycles. The number of hydrogen-bond acceptors (Lipinski definition) is 3. The molecule has 1 aliphatic rings. The SMILES string of the molecule is C=C1OC(C=O)OC1(CC)CC. The Morgan fingerprint density at radius 1 is 1.58 bits per heavy atom. The van der Waals surface area contributed by atoms with Gasteiger partial charge in [-0.15, -0.1) is 0 Å². The summed E-state index contributed by atoms with van der Waals surface area (Å²) >= 11 is 0. The summed E-state index contributed by atoms with van der Waals surface area (Å²) in [6.45, 7) is 7.72. The molecule has 1 saturated heterocycles. The van der Waals surface area contributed by atoms with Crippen LogP contribution in [0.25, 0.3) is 0 Å². The molecule has 0 N–H and O–H groups in total. The first-order valence-electron chi connectivity index (χ1n) is 4.17. The molecule has 3 nitrogen and oxygen atoms in total. The Balaban J connectivity index is 2.78. The molecule has 1 unspecified atom stereocenters. The second kappa shape index (κ2) is 3.27. The maximum atomic E-state index is 10.4. The van der Waals surface area contributed by atoms with Gasteiger partial charge in [0.05, 0.1) is 0 Å². The second-order valence-electron chi connectivity index (χ2n) is 2.86. The highest BCUT2D eigenvalue weighted by molar-refractivity contribution is 5.55. The summed E-state index contributed by atoms with van der Waals surface area (Å²) in [4.78, 5) is 10.4. The van der Waals surface area contributed by atoms with Gasteiger partial charge in [-0.25, -0.2) is 0 Å². The van der Waals surface area contributed by atoms with E-state index in [1.807, 2.05) is 13.8 Å². The Labute approximate surface area is 72.4 Å². The monoisotopic (exact) mass is 170 g/mol. The fourth-order valence-electron chi connectivity index (χ4n) is 1.43. The molecule has 0 aromatic heterocycles. The van der Waals surface area contributed by atoms with Crippen LogP contribution in [0.3, 0.4) is 0 Å². The third kappa shape index (κ3) is 1.25. The number of carbonyl (C=O) groups is 1. The minimum Gasteiger partial charge on any atom is -0.460 e. The average Bonchev–Trinajstić information content (AvgIpc) is 2.43. The highest BCUT2D eigenvalue weighted by atomic mass is 16.7. The van der Waals surface area contributed by atoms with Crippen molar-refractivity contribution in [3.05, 3.63) is 12.3 Å². The molecule has 0 amide bonds. The Kier molecular flexibility index (Phi) is 2.52. The van der Waals surface area contributed by atoms with Gasteiger partial charge in [-0.3, -0.25) is 4.79 Å². The van der Waals surface area contributed by atoms with E-state index in [0.717, 1.165) is 12.8 Å². The summed E-state index contributed by atoms with van der Waals surface area (Å²) in [6, 6.07) is 0. The van der Waals surface area contributed by atoms with Crippen LogP contribution in [0.2, 0.25) is 0 Å². The highest BCUT2D eigenvalue weighted by Crippen LogP contribution is 2.36. The fourth-order valence-corrected chi connectivity index (χ4v) is 1.43.